The Labute approximate surface area is 244 Å². The summed E-state index contributed by atoms with van der Waals surface area (Å²) in [5.74, 6) is -1.22. The van der Waals surface area contributed by atoms with Crippen molar-refractivity contribution in [2.24, 2.45) is 11.3 Å². The van der Waals surface area contributed by atoms with Crippen molar-refractivity contribution in [2.45, 2.75) is 63.6 Å². The van der Waals surface area contributed by atoms with Gasteiger partial charge in [-0.3, -0.25) is 9.69 Å². The highest BCUT2D eigenvalue weighted by Gasteiger charge is 2.66. The van der Waals surface area contributed by atoms with Crippen LogP contribution in [0.15, 0.2) is 36.4 Å². The van der Waals surface area contributed by atoms with Crippen LogP contribution in [0.3, 0.4) is 0 Å². The number of halogens is 7. The molecule has 2 aromatic rings. The van der Waals surface area contributed by atoms with E-state index in [0.29, 0.717) is 55.6 Å². The molecule has 0 bridgehead atoms. The third-order valence-electron chi connectivity index (χ3n) is 9.50. The Balaban J connectivity index is 1.43. The van der Waals surface area contributed by atoms with Crippen molar-refractivity contribution in [1.82, 2.24) is 14.7 Å². The summed E-state index contributed by atoms with van der Waals surface area (Å²) in [6.07, 6.45) is -8.52. The Morgan fingerprint density at radius 1 is 1.05 bits per heavy atom. The van der Waals surface area contributed by atoms with Gasteiger partial charge in [0, 0.05) is 32.7 Å². The normalized spacial score (nSPS) is 26.7. The number of alkyl halides is 6. The fourth-order valence-corrected chi connectivity index (χ4v) is 6.76. The molecule has 3 aliphatic rings. The van der Waals surface area contributed by atoms with E-state index in [2.05, 4.69) is 4.90 Å². The zero-order chi connectivity index (χ0) is 31.6. The monoisotopic (exact) mass is 615 g/mol. The molecular formula is C30H32F7N3O3. The number of aliphatic carboxylic acids is 1. The van der Waals surface area contributed by atoms with E-state index in [1.807, 2.05) is 0 Å². The van der Waals surface area contributed by atoms with Crippen molar-refractivity contribution >= 4 is 12.0 Å². The summed E-state index contributed by atoms with van der Waals surface area (Å²) in [5, 5.41) is 9.72. The van der Waals surface area contributed by atoms with Crippen molar-refractivity contribution in [3.63, 3.8) is 0 Å². The van der Waals surface area contributed by atoms with Crippen LogP contribution in [0, 0.1) is 24.1 Å². The van der Waals surface area contributed by atoms with Crippen LogP contribution in [0.5, 0.6) is 0 Å². The number of hydrogen-bond acceptors (Lipinski definition) is 3. The number of piperidine rings is 2. The molecule has 0 aromatic heterocycles. The number of aryl methyl sites for hydroxylation is 1. The summed E-state index contributed by atoms with van der Waals surface area (Å²) in [4.78, 5) is 30.5. The van der Waals surface area contributed by atoms with Crippen molar-refractivity contribution in [3.05, 3.63) is 70.0 Å². The molecular weight excluding hydrogens is 583 g/mol. The van der Waals surface area contributed by atoms with Crippen LogP contribution in [0.1, 0.15) is 66.1 Å². The number of likely N-dealkylation sites (tertiary alicyclic amines) is 2. The van der Waals surface area contributed by atoms with E-state index in [-0.39, 0.29) is 30.1 Å². The van der Waals surface area contributed by atoms with Crippen molar-refractivity contribution in [3.8, 4) is 0 Å². The summed E-state index contributed by atoms with van der Waals surface area (Å²) in [5.41, 5.74) is -2.75. The van der Waals surface area contributed by atoms with Crippen molar-refractivity contribution in [1.29, 1.82) is 0 Å². The second-order valence-corrected chi connectivity index (χ2v) is 12.1. The minimum Gasteiger partial charge on any atom is -0.481 e. The molecule has 2 saturated heterocycles. The Hall–Kier alpha value is -3.35. The van der Waals surface area contributed by atoms with Crippen LogP contribution < -0.4 is 0 Å². The molecule has 2 amide bonds. The van der Waals surface area contributed by atoms with Gasteiger partial charge in [0.2, 0.25) is 0 Å². The van der Waals surface area contributed by atoms with E-state index in [4.69, 9.17) is 0 Å². The van der Waals surface area contributed by atoms with Gasteiger partial charge < -0.3 is 14.9 Å². The van der Waals surface area contributed by atoms with Gasteiger partial charge in [0.15, 0.2) is 0 Å². The lowest BCUT2D eigenvalue weighted by Gasteiger charge is -2.45. The Bertz CT molecular complexity index is 1400. The van der Waals surface area contributed by atoms with Gasteiger partial charge >= 0.3 is 24.4 Å². The number of hydrogen-bond donors (Lipinski definition) is 1. The molecule has 43 heavy (non-hydrogen) atoms. The lowest BCUT2D eigenvalue weighted by molar-refractivity contribution is -0.144. The first-order chi connectivity index (χ1) is 19.9. The van der Waals surface area contributed by atoms with Crippen molar-refractivity contribution in [2.75, 3.05) is 26.7 Å². The molecule has 2 aromatic carbocycles. The molecule has 0 spiro atoms. The second-order valence-electron chi connectivity index (χ2n) is 12.1. The maximum absolute atomic E-state index is 14.0. The first-order valence-corrected chi connectivity index (χ1v) is 14.0. The third kappa shape index (κ3) is 5.80. The minimum atomic E-state index is -5.03. The fourth-order valence-electron chi connectivity index (χ4n) is 6.76. The van der Waals surface area contributed by atoms with Gasteiger partial charge in [0.1, 0.15) is 5.82 Å². The lowest BCUT2D eigenvalue weighted by atomic mass is 9.88. The molecule has 13 heteroatoms. The zero-order valence-corrected chi connectivity index (χ0v) is 23.8. The molecule has 1 saturated carbocycles. The number of rotatable bonds is 5. The molecule has 5 atom stereocenters. The molecule has 5 rings (SSSR count). The average Bonchev–Trinajstić information content (AvgIpc) is 3.51. The number of carboxylic acid groups (broad SMARTS) is 1. The number of carbonyl (C=O) groups is 2. The van der Waals surface area contributed by atoms with Gasteiger partial charge in [0.25, 0.3) is 0 Å². The predicted molar refractivity (Wildman–Crippen MR) is 141 cm³/mol. The Morgan fingerprint density at radius 3 is 2.21 bits per heavy atom. The lowest BCUT2D eigenvalue weighted by Crippen LogP contribution is -2.52. The Kier molecular flexibility index (Phi) is 7.72. The molecule has 1 N–H and O–H groups in total. The maximum atomic E-state index is 14.0. The number of nitrogens with zero attached hydrogens (tertiary/aromatic N) is 3. The van der Waals surface area contributed by atoms with Gasteiger partial charge in [-0.05, 0) is 86.1 Å². The average molecular weight is 616 g/mol. The second kappa shape index (κ2) is 10.7. The smallest absolute Gasteiger partial charge is 0.416 e. The maximum Gasteiger partial charge on any atom is 0.416 e. The third-order valence-corrected chi connectivity index (χ3v) is 9.50. The van der Waals surface area contributed by atoms with Crippen LogP contribution in [-0.2, 0) is 17.1 Å². The highest BCUT2D eigenvalue weighted by atomic mass is 19.4. The molecule has 6 nitrogen and oxygen atoms in total. The van der Waals surface area contributed by atoms with Crippen LogP contribution in [-0.4, -0.2) is 64.5 Å². The molecule has 3 fully saturated rings. The number of carbonyl (C=O) groups excluding carboxylic acids is 1. The van der Waals surface area contributed by atoms with Gasteiger partial charge in [-0.2, -0.15) is 26.3 Å². The van der Waals surface area contributed by atoms with Gasteiger partial charge in [-0.15, -0.1) is 0 Å². The summed E-state index contributed by atoms with van der Waals surface area (Å²) in [6.45, 7) is 4.28. The molecule has 1 aliphatic carbocycles. The number of urea groups is 1. The standard InChI is InChI=1S/C30H32F7N3O3/c1-16-8-22(31)4-5-24(16)25-12-23(39-14-21-13-28(21,15-39)26(41)42)6-7-40(25)27(43)38(3)17(2)18-9-19(29(32,33)34)11-20(10-18)30(35,36)37/h4-5,8-11,17,21,23,25H,6-7,12-15H2,1-3H3,(H,41,42)/t17-,21?,23?,25-,28?/m1/s1. The van der Waals surface area contributed by atoms with Gasteiger partial charge in [0.05, 0.1) is 28.6 Å². The molecule has 2 aliphatic heterocycles. The summed E-state index contributed by atoms with van der Waals surface area (Å²) >= 11 is 0. The van der Waals surface area contributed by atoms with Gasteiger partial charge in [-0.1, -0.05) is 6.07 Å². The van der Waals surface area contributed by atoms with E-state index in [1.165, 1.54) is 31.0 Å². The molecule has 234 valence electrons. The summed E-state index contributed by atoms with van der Waals surface area (Å²) in [6, 6.07) is 3.07. The Morgan fingerprint density at radius 2 is 1.67 bits per heavy atom. The van der Waals surface area contributed by atoms with E-state index in [9.17, 15) is 45.4 Å². The van der Waals surface area contributed by atoms with Crippen LogP contribution in [0.2, 0.25) is 0 Å². The highest BCUT2D eigenvalue weighted by Crippen LogP contribution is 2.59. The highest BCUT2D eigenvalue weighted by molar-refractivity contribution is 5.79. The van der Waals surface area contributed by atoms with E-state index in [0.717, 1.165) is 4.90 Å². The minimum absolute atomic E-state index is 0.0486. The number of fused-ring (bicyclic) bond motifs is 1. The molecule has 0 radical (unpaired) electrons. The summed E-state index contributed by atoms with van der Waals surface area (Å²) < 4.78 is 95.0. The van der Waals surface area contributed by atoms with E-state index < -0.39 is 58.8 Å². The fraction of sp³-hybridized carbons (Fsp3) is 0.533. The van der Waals surface area contributed by atoms with E-state index >= 15 is 0 Å². The van der Waals surface area contributed by atoms with E-state index in [1.54, 1.807) is 13.0 Å². The first-order valence-electron chi connectivity index (χ1n) is 14.0. The van der Waals surface area contributed by atoms with Gasteiger partial charge in [-0.25, -0.2) is 9.18 Å². The number of amides is 2. The van der Waals surface area contributed by atoms with Crippen molar-refractivity contribution < 1.29 is 45.4 Å². The molecule has 3 unspecified atom stereocenters. The number of benzene rings is 2. The first kappa shape index (κ1) is 31.1. The van der Waals surface area contributed by atoms with Crippen LogP contribution in [0.25, 0.3) is 0 Å². The largest absolute Gasteiger partial charge is 0.481 e. The predicted octanol–water partition coefficient (Wildman–Crippen LogP) is 6.90. The number of carboxylic acids is 1. The quantitative estimate of drug-likeness (QED) is 0.372. The SMILES string of the molecule is Cc1cc(F)ccc1[C@H]1CC(N2CC3CC3(C(=O)O)C2)CCN1C(=O)N(C)[C@H](C)c1cc(C(F)(F)F)cc(C(F)(F)F)c1. The molecule has 2 heterocycles. The topological polar surface area (TPSA) is 64.1 Å². The van der Waals surface area contributed by atoms with Crippen LogP contribution in [0.4, 0.5) is 35.5 Å². The van der Waals surface area contributed by atoms with Crippen LogP contribution >= 0.6 is 0 Å². The zero-order valence-electron chi connectivity index (χ0n) is 23.8. The summed E-state index contributed by atoms with van der Waals surface area (Å²) in [7, 11) is 1.33.